The van der Waals surface area contributed by atoms with Gasteiger partial charge in [0.1, 0.15) is 17.5 Å². The summed E-state index contributed by atoms with van der Waals surface area (Å²) >= 11 is 0. The predicted octanol–water partition coefficient (Wildman–Crippen LogP) is 3.52. The van der Waals surface area contributed by atoms with Crippen LogP contribution in [0.2, 0.25) is 0 Å². The Morgan fingerprint density at radius 1 is 1.07 bits per heavy atom. The number of rotatable bonds is 6. The van der Waals surface area contributed by atoms with Gasteiger partial charge in [-0.25, -0.2) is 26.3 Å². The van der Waals surface area contributed by atoms with Gasteiger partial charge in [0.15, 0.2) is 0 Å². The third-order valence-electron chi connectivity index (χ3n) is 6.62. The summed E-state index contributed by atoms with van der Waals surface area (Å²) in [5, 5.41) is 3.07. The fraction of sp³-hybridized carbons (Fsp3) is 0.455. The molecule has 4 nitrogen and oxygen atoms in total. The van der Waals surface area contributed by atoms with Crippen molar-refractivity contribution >= 4 is 10.0 Å². The van der Waals surface area contributed by atoms with Crippen LogP contribution in [0.25, 0.3) is 11.1 Å². The average Bonchev–Trinajstić information content (AvgIpc) is 3.58. The van der Waals surface area contributed by atoms with Crippen LogP contribution in [0.3, 0.4) is 0 Å². The lowest BCUT2D eigenvalue weighted by Crippen LogP contribution is -2.48. The number of halogens is 3. The van der Waals surface area contributed by atoms with E-state index in [-0.39, 0.29) is 40.3 Å². The first-order chi connectivity index (χ1) is 14.3. The summed E-state index contributed by atoms with van der Waals surface area (Å²) in [5.74, 6) is -2.07. The number of benzene rings is 2. The molecule has 30 heavy (non-hydrogen) atoms. The third kappa shape index (κ3) is 3.65. The highest BCUT2D eigenvalue weighted by Gasteiger charge is 2.58. The van der Waals surface area contributed by atoms with E-state index in [4.69, 9.17) is 0 Å². The first kappa shape index (κ1) is 20.0. The highest BCUT2D eigenvalue weighted by atomic mass is 32.2. The Morgan fingerprint density at radius 2 is 1.77 bits per heavy atom. The molecule has 0 bridgehead atoms. The molecule has 2 aromatic rings. The Bertz CT molecular complexity index is 1080. The molecule has 8 heteroatoms. The largest absolute Gasteiger partial charge is 0.311 e. The molecule has 2 N–H and O–H groups in total. The van der Waals surface area contributed by atoms with Crippen molar-refractivity contribution in [1.82, 2.24) is 10.0 Å². The molecule has 2 atom stereocenters. The summed E-state index contributed by atoms with van der Waals surface area (Å²) in [4.78, 5) is 0. The van der Waals surface area contributed by atoms with Gasteiger partial charge in [-0.1, -0.05) is 18.2 Å². The Labute approximate surface area is 173 Å². The molecule has 0 unspecified atom stereocenters. The molecule has 1 spiro atoms. The lowest BCUT2D eigenvalue weighted by molar-refractivity contribution is 0.406. The van der Waals surface area contributed by atoms with Crippen molar-refractivity contribution in [1.29, 1.82) is 0 Å². The molecule has 3 fully saturated rings. The molecule has 1 heterocycles. The zero-order chi connectivity index (χ0) is 21.1. The minimum absolute atomic E-state index is 0.0909. The van der Waals surface area contributed by atoms with Crippen molar-refractivity contribution in [3.63, 3.8) is 0 Å². The lowest BCUT2D eigenvalue weighted by Gasteiger charge is -2.25. The summed E-state index contributed by atoms with van der Waals surface area (Å²) < 4.78 is 70.5. The maximum atomic E-state index is 15.3. The van der Waals surface area contributed by atoms with Crippen LogP contribution < -0.4 is 10.0 Å². The molecule has 1 aliphatic heterocycles. The van der Waals surface area contributed by atoms with Gasteiger partial charge in [-0.15, -0.1) is 0 Å². The minimum Gasteiger partial charge on any atom is -0.311 e. The zero-order valence-corrected chi connectivity index (χ0v) is 17.1. The van der Waals surface area contributed by atoms with Gasteiger partial charge >= 0.3 is 0 Å². The van der Waals surface area contributed by atoms with Crippen LogP contribution in [0.15, 0.2) is 36.4 Å². The number of sulfonamides is 1. The van der Waals surface area contributed by atoms with Crippen molar-refractivity contribution < 1.29 is 21.6 Å². The maximum absolute atomic E-state index is 15.3. The second kappa shape index (κ2) is 7.07. The third-order valence-corrected chi connectivity index (χ3v) is 8.55. The Morgan fingerprint density at radius 3 is 2.40 bits per heavy atom. The molecule has 3 aliphatic rings. The Balaban J connectivity index is 1.42. The predicted molar refractivity (Wildman–Crippen MR) is 108 cm³/mol. The minimum atomic E-state index is -3.36. The molecule has 5 rings (SSSR count). The summed E-state index contributed by atoms with van der Waals surface area (Å²) in [7, 11) is -3.36. The van der Waals surface area contributed by atoms with E-state index >= 15 is 4.39 Å². The fourth-order valence-corrected chi connectivity index (χ4v) is 6.31. The van der Waals surface area contributed by atoms with Gasteiger partial charge in [-0.2, -0.15) is 0 Å². The van der Waals surface area contributed by atoms with Gasteiger partial charge < -0.3 is 5.32 Å². The summed E-state index contributed by atoms with van der Waals surface area (Å²) in [6, 6.07) is 7.22. The highest BCUT2D eigenvalue weighted by molar-refractivity contribution is 7.90. The van der Waals surface area contributed by atoms with Gasteiger partial charge in [-0.05, 0) is 55.4 Å². The van der Waals surface area contributed by atoms with Gasteiger partial charge in [0.25, 0.3) is 0 Å². The normalized spacial score (nSPS) is 25.0. The van der Waals surface area contributed by atoms with Crippen molar-refractivity contribution in [3.05, 3.63) is 59.4 Å². The Hall–Kier alpha value is -1.90. The van der Waals surface area contributed by atoms with Crippen molar-refractivity contribution in [2.75, 3.05) is 6.54 Å². The molecule has 2 aromatic carbocycles. The monoisotopic (exact) mass is 436 g/mol. The first-order valence-corrected chi connectivity index (χ1v) is 11.8. The molecule has 160 valence electrons. The molecule has 2 saturated carbocycles. The van der Waals surface area contributed by atoms with E-state index in [9.17, 15) is 17.2 Å². The molecule has 0 radical (unpaired) electrons. The first-order valence-electron chi connectivity index (χ1n) is 10.3. The molecular weight excluding hydrogens is 413 g/mol. The van der Waals surface area contributed by atoms with E-state index in [1.54, 1.807) is 12.1 Å². The lowest BCUT2D eigenvalue weighted by atomic mass is 9.91. The van der Waals surface area contributed by atoms with E-state index in [2.05, 4.69) is 10.0 Å². The van der Waals surface area contributed by atoms with Crippen molar-refractivity contribution in [3.8, 4) is 11.1 Å². The second-order valence-electron chi connectivity index (χ2n) is 8.83. The molecule has 0 amide bonds. The summed E-state index contributed by atoms with van der Waals surface area (Å²) in [6.07, 6.45) is 3.55. The van der Waals surface area contributed by atoms with Crippen LogP contribution in [-0.4, -0.2) is 32.3 Å². The number of nitrogens with one attached hydrogen (secondary N) is 2. The van der Waals surface area contributed by atoms with Crippen molar-refractivity contribution in [2.24, 2.45) is 5.41 Å². The van der Waals surface area contributed by atoms with E-state index in [1.807, 2.05) is 0 Å². The standard InChI is InChI=1S/C22H23F3N2O2S/c23-15-8-14(9-16(24)11-15)18-3-1-2-13(20(18)25)10-19-21(22(6-7-22)12-26-19)27-30(28,29)17-4-5-17/h1-3,8-9,11,17,19,21,26-27H,4-7,10,12H2/t19-,21+/m0/s1. The Kier molecular flexibility index (Phi) is 4.72. The van der Waals surface area contributed by atoms with Crippen LogP contribution in [-0.2, 0) is 16.4 Å². The van der Waals surface area contributed by atoms with Crippen LogP contribution in [0.4, 0.5) is 13.2 Å². The van der Waals surface area contributed by atoms with Crippen molar-refractivity contribution in [2.45, 2.75) is 49.4 Å². The second-order valence-corrected chi connectivity index (χ2v) is 10.8. The van der Waals surface area contributed by atoms with Crippen LogP contribution >= 0.6 is 0 Å². The quantitative estimate of drug-likeness (QED) is 0.729. The van der Waals surface area contributed by atoms with E-state index < -0.39 is 27.5 Å². The number of hydrogen-bond acceptors (Lipinski definition) is 3. The van der Waals surface area contributed by atoms with Gasteiger partial charge in [-0.3, -0.25) is 0 Å². The molecular formula is C22H23F3N2O2S. The number of hydrogen-bond donors (Lipinski definition) is 2. The molecule has 2 aliphatic carbocycles. The summed E-state index contributed by atoms with van der Waals surface area (Å²) in [6.45, 7) is 0.700. The maximum Gasteiger partial charge on any atom is 0.214 e. The fourth-order valence-electron chi connectivity index (χ4n) is 4.59. The topological polar surface area (TPSA) is 58.2 Å². The van der Waals surface area contributed by atoms with Crippen LogP contribution in [0, 0.1) is 22.9 Å². The molecule has 1 saturated heterocycles. The van der Waals surface area contributed by atoms with Crippen LogP contribution in [0.5, 0.6) is 0 Å². The van der Waals surface area contributed by atoms with E-state index in [0.29, 0.717) is 24.9 Å². The molecule has 0 aromatic heterocycles. The van der Waals surface area contributed by atoms with E-state index in [1.165, 1.54) is 6.07 Å². The van der Waals surface area contributed by atoms with Crippen LogP contribution in [0.1, 0.15) is 31.2 Å². The zero-order valence-electron chi connectivity index (χ0n) is 16.3. The smallest absolute Gasteiger partial charge is 0.214 e. The average molecular weight is 436 g/mol. The van der Waals surface area contributed by atoms with Gasteiger partial charge in [0, 0.05) is 35.7 Å². The SMILES string of the molecule is O=S(=O)(N[C@@H]1[C@H](Cc2cccc(-c3cc(F)cc(F)c3)c2F)NCC12CC2)C1CC1. The van der Waals surface area contributed by atoms with Gasteiger partial charge in [0.05, 0.1) is 5.25 Å². The van der Waals surface area contributed by atoms with Gasteiger partial charge in [0.2, 0.25) is 10.0 Å². The highest BCUT2D eigenvalue weighted by Crippen LogP contribution is 2.53. The summed E-state index contributed by atoms with van der Waals surface area (Å²) in [5.41, 5.74) is 0.561. The van der Waals surface area contributed by atoms with E-state index in [0.717, 1.165) is 31.0 Å².